The molecule has 1 aliphatic rings. The van der Waals surface area contributed by atoms with E-state index >= 15 is 0 Å². The summed E-state index contributed by atoms with van der Waals surface area (Å²) in [5, 5.41) is 2.79. The molecule has 6 nitrogen and oxygen atoms in total. The number of nitrogens with zero attached hydrogens (tertiary/aromatic N) is 3. The van der Waals surface area contributed by atoms with Crippen LogP contribution < -0.4 is 5.32 Å². The van der Waals surface area contributed by atoms with Crippen LogP contribution in [0, 0.1) is 0 Å². The highest BCUT2D eigenvalue weighted by Crippen LogP contribution is 2.21. The number of urea groups is 1. The maximum atomic E-state index is 12.2. The second kappa shape index (κ2) is 7.50. The van der Waals surface area contributed by atoms with Gasteiger partial charge in [0.1, 0.15) is 6.42 Å². The summed E-state index contributed by atoms with van der Waals surface area (Å²) in [6, 6.07) is 4.77. The SMILES string of the molecule is C[C@@H](NC(=O)N1CCN(C(=O)CC(F)(F)F)CC1)c1ccccn1. The van der Waals surface area contributed by atoms with Crippen LogP contribution in [0.1, 0.15) is 25.1 Å². The Balaban J connectivity index is 1.81. The van der Waals surface area contributed by atoms with Crippen molar-refractivity contribution in [3.05, 3.63) is 30.1 Å². The van der Waals surface area contributed by atoms with E-state index < -0.39 is 18.5 Å². The van der Waals surface area contributed by atoms with Crippen molar-refractivity contribution in [3.63, 3.8) is 0 Å². The Morgan fingerprint density at radius 3 is 2.38 bits per heavy atom. The van der Waals surface area contributed by atoms with Crippen LogP contribution in [0.5, 0.6) is 0 Å². The largest absolute Gasteiger partial charge is 0.397 e. The van der Waals surface area contributed by atoms with Crippen LogP contribution in [0.2, 0.25) is 0 Å². The van der Waals surface area contributed by atoms with Crippen LogP contribution in [-0.4, -0.2) is 59.1 Å². The van der Waals surface area contributed by atoms with Crippen molar-refractivity contribution < 1.29 is 22.8 Å². The Morgan fingerprint density at radius 1 is 1.21 bits per heavy atom. The zero-order valence-electron chi connectivity index (χ0n) is 13.2. The lowest BCUT2D eigenvalue weighted by Gasteiger charge is -2.35. The molecule has 1 fully saturated rings. The number of hydrogen-bond donors (Lipinski definition) is 1. The topological polar surface area (TPSA) is 65.5 Å². The lowest BCUT2D eigenvalue weighted by atomic mass is 10.2. The molecule has 1 N–H and O–H groups in total. The number of amides is 3. The van der Waals surface area contributed by atoms with Gasteiger partial charge in [0.25, 0.3) is 0 Å². The molecule has 1 atom stereocenters. The molecular formula is C15H19F3N4O2. The van der Waals surface area contributed by atoms with Crippen molar-refractivity contribution in [2.24, 2.45) is 0 Å². The number of halogens is 3. The van der Waals surface area contributed by atoms with Crippen molar-refractivity contribution >= 4 is 11.9 Å². The number of carbonyl (C=O) groups is 2. The maximum absolute atomic E-state index is 12.2. The third kappa shape index (κ3) is 5.10. The number of rotatable bonds is 3. The number of alkyl halides is 3. The van der Waals surface area contributed by atoms with E-state index in [1.165, 1.54) is 4.90 Å². The van der Waals surface area contributed by atoms with Crippen molar-refractivity contribution in [1.29, 1.82) is 0 Å². The molecule has 1 aromatic heterocycles. The first-order valence-corrected chi connectivity index (χ1v) is 7.57. The number of hydrogen-bond acceptors (Lipinski definition) is 3. The van der Waals surface area contributed by atoms with Gasteiger partial charge in [0, 0.05) is 32.4 Å². The average molecular weight is 344 g/mol. The first-order valence-electron chi connectivity index (χ1n) is 7.57. The van der Waals surface area contributed by atoms with E-state index in [4.69, 9.17) is 0 Å². The molecule has 2 rings (SSSR count). The van der Waals surface area contributed by atoms with Gasteiger partial charge in [0.15, 0.2) is 0 Å². The molecule has 3 amide bonds. The van der Waals surface area contributed by atoms with Gasteiger partial charge < -0.3 is 15.1 Å². The van der Waals surface area contributed by atoms with Gasteiger partial charge >= 0.3 is 12.2 Å². The van der Waals surface area contributed by atoms with Gasteiger partial charge in [-0.05, 0) is 19.1 Å². The zero-order valence-corrected chi connectivity index (χ0v) is 13.2. The van der Waals surface area contributed by atoms with E-state index in [1.54, 1.807) is 25.3 Å². The Hall–Kier alpha value is -2.32. The average Bonchev–Trinajstić information content (AvgIpc) is 2.54. The lowest BCUT2D eigenvalue weighted by molar-refractivity contribution is -0.162. The van der Waals surface area contributed by atoms with Crippen LogP contribution >= 0.6 is 0 Å². The molecule has 1 saturated heterocycles. The minimum absolute atomic E-state index is 0.0975. The van der Waals surface area contributed by atoms with Crippen LogP contribution in [0.15, 0.2) is 24.4 Å². The summed E-state index contributed by atoms with van der Waals surface area (Å²) < 4.78 is 36.7. The number of aromatic nitrogens is 1. The smallest absolute Gasteiger partial charge is 0.339 e. The van der Waals surface area contributed by atoms with Crippen LogP contribution in [0.3, 0.4) is 0 Å². The molecule has 0 aromatic carbocycles. The number of carbonyl (C=O) groups excluding carboxylic acids is 2. The summed E-state index contributed by atoms with van der Waals surface area (Å²) in [6.07, 6.45) is -4.34. The highest BCUT2D eigenvalue weighted by atomic mass is 19.4. The van der Waals surface area contributed by atoms with Crippen molar-refractivity contribution in [2.45, 2.75) is 25.6 Å². The predicted molar refractivity (Wildman–Crippen MR) is 80.0 cm³/mol. The van der Waals surface area contributed by atoms with Crippen molar-refractivity contribution in [1.82, 2.24) is 20.1 Å². The van der Waals surface area contributed by atoms with Gasteiger partial charge in [0.05, 0.1) is 11.7 Å². The van der Waals surface area contributed by atoms with Crippen LogP contribution in [0.25, 0.3) is 0 Å². The number of pyridine rings is 1. The molecule has 1 aromatic rings. The number of nitrogens with one attached hydrogen (secondary N) is 1. The summed E-state index contributed by atoms with van der Waals surface area (Å²) in [7, 11) is 0. The van der Waals surface area contributed by atoms with E-state index in [-0.39, 0.29) is 38.3 Å². The second-order valence-corrected chi connectivity index (χ2v) is 5.59. The minimum Gasteiger partial charge on any atom is -0.339 e. The molecule has 0 aliphatic carbocycles. The Bertz CT molecular complexity index is 572. The first-order chi connectivity index (χ1) is 11.3. The predicted octanol–water partition coefficient (Wildman–Crippen LogP) is 1.95. The molecule has 0 bridgehead atoms. The molecule has 9 heteroatoms. The minimum atomic E-state index is -4.51. The second-order valence-electron chi connectivity index (χ2n) is 5.59. The highest BCUT2D eigenvalue weighted by molar-refractivity contribution is 5.78. The third-order valence-electron chi connectivity index (χ3n) is 3.74. The molecule has 2 heterocycles. The lowest BCUT2D eigenvalue weighted by Crippen LogP contribution is -2.53. The molecule has 0 spiro atoms. The third-order valence-corrected chi connectivity index (χ3v) is 3.74. The molecule has 0 radical (unpaired) electrons. The van der Waals surface area contributed by atoms with Gasteiger partial charge in [-0.1, -0.05) is 6.07 Å². The molecule has 132 valence electrons. The van der Waals surface area contributed by atoms with Gasteiger partial charge in [-0.2, -0.15) is 13.2 Å². The zero-order chi connectivity index (χ0) is 17.7. The number of piperazine rings is 1. The summed E-state index contributed by atoms with van der Waals surface area (Å²) in [5.41, 5.74) is 0.713. The Labute approximate surface area is 137 Å². The molecule has 0 saturated carbocycles. The van der Waals surface area contributed by atoms with E-state index in [0.29, 0.717) is 5.69 Å². The molecule has 0 unspecified atom stereocenters. The van der Waals surface area contributed by atoms with Crippen LogP contribution in [-0.2, 0) is 4.79 Å². The van der Waals surface area contributed by atoms with E-state index in [9.17, 15) is 22.8 Å². The van der Waals surface area contributed by atoms with Gasteiger partial charge in [-0.3, -0.25) is 9.78 Å². The van der Waals surface area contributed by atoms with Crippen molar-refractivity contribution in [3.8, 4) is 0 Å². The summed E-state index contributed by atoms with van der Waals surface area (Å²) in [6.45, 7) is 2.39. The van der Waals surface area contributed by atoms with Gasteiger partial charge in [-0.15, -0.1) is 0 Å². The maximum Gasteiger partial charge on any atom is 0.397 e. The fraction of sp³-hybridized carbons (Fsp3) is 0.533. The standard InChI is InChI=1S/C15H19F3N4O2/c1-11(12-4-2-3-5-19-12)20-14(24)22-8-6-21(7-9-22)13(23)10-15(16,17)18/h2-5,11H,6-10H2,1H3,(H,20,24)/t11-/m1/s1. The fourth-order valence-electron chi connectivity index (χ4n) is 2.42. The monoisotopic (exact) mass is 344 g/mol. The molecular weight excluding hydrogens is 325 g/mol. The summed E-state index contributed by atoms with van der Waals surface area (Å²) >= 11 is 0. The molecule has 1 aliphatic heterocycles. The van der Waals surface area contributed by atoms with E-state index in [2.05, 4.69) is 10.3 Å². The summed E-state index contributed by atoms with van der Waals surface area (Å²) in [4.78, 5) is 30.5. The first kappa shape index (κ1) is 18.0. The van der Waals surface area contributed by atoms with E-state index in [0.717, 1.165) is 4.90 Å². The van der Waals surface area contributed by atoms with Gasteiger partial charge in [-0.25, -0.2) is 4.79 Å². The van der Waals surface area contributed by atoms with Crippen molar-refractivity contribution in [2.75, 3.05) is 26.2 Å². The normalized spacial score (nSPS) is 16.7. The fourth-order valence-corrected chi connectivity index (χ4v) is 2.42. The van der Waals surface area contributed by atoms with Gasteiger partial charge in [0.2, 0.25) is 5.91 Å². The summed E-state index contributed by atoms with van der Waals surface area (Å²) in [5.74, 6) is -0.954. The Kier molecular flexibility index (Phi) is 5.63. The highest BCUT2D eigenvalue weighted by Gasteiger charge is 2.35. The Morgan fingerprint density at radius 2 is 1.83 bits per heavy atom. The molecule has 24 heavy (non-hydrogen) atoms. The van der Waals surface area contributed by atoms with E-state index in [1.807, 2.05) is 6.07 Å². The van der Waals surface area contributed by atoms with Crippen LogP contribution in [0.4, 0.5) is 18.0 Å². The quantitative estimate of drug-likeness (QED) is 0.911.